The molecule has 4 rings (SSSR count). The average Bonchev–Trinajstić information content (AvgIpc) is 3.20. The van der Waals surface area contributed by atoms with Gasteiger partial charge in [0.2, 0.25) is 0 Å². The van der Waals surface area contributed by atoms with Crippen molar-refractivity contribution in [2.24, 2.45) is 4.99 Å². The molecule has 8 nitrogen and oxygen atoms in total. The second-order valence-corrected chi connectivity index (χ2v) is 10.8. The molecule has 1 aliphatic heterocycles. The summed E-state index contributed by atoms with van der Waals surface area (Å²) < 4.78 is 13.9. The van der Waals surface area contributed by atoms with Gasteiger partial charge >= 0.3 is 0 Å². The maximum Gasteiger partial charge on any atom is 0.271 e. The molecule has 1 amide bonds. The van der Waals surface area contributed by atoms with E-state index in [0.29, 0.717) is 66.5 Å². The van der Waals surface area contributed by atoms with Crippen LogP contribution in [0.25, 0.3) is 6.08 Å². The monoisotopic (exact) mass is 647 g/mol. The summed E-state index contributed by atoms with van der Waals surface area (Å²) in [7, 11) is 1.58. The Balaban J connectivity index is 1.98. The number of para-hydroxylation sites is 1. The Morgan fingerprint density at radius 3 is 2.58 bits per heavy atom. The van der Waals surface area contributed by atoms with Gasteiger partial charge in [0.05, 0.1) is 33.1 Å². The number of fused-ring (bicyclic) bond motifs is 1. The van der Waals surface area contributed by atoms with Gasteiger partial charge in [-0.2, -0.15) is 0 Å². The van der Waals surface area contributed by atoms with Crippen molar-refractivity contribution in [3.05, 3.63) is 82.1 Å². The number of allylic oxidation sites excluding steroid dienone is 1. The van der Waals surface area contributed by atoms with Gasteiger partial charge in [0.1, 0.15) is 11.8 Å². The Morgan fingerprint density at radius 1 is 1.21 bits per heavy atom. The van der Waals surface area contributed by atoms with Crippen LogP contribution in [0.15, 0.2) is 57.5 Å². The lowest BCUT2D eigenvalue weighted by atomic mass is 9.94. The number of benzene rings is 2. The number of amides is 1. The first kappa shape index (κ1) is 27.9. The lowest BCUT2D eigenvalue weighted by Gasteiger charge is -2.29. The summed E-state index contributed by atoms with van der Waals surface area (Å²) in [4.78, 5) is 34.7. The molecule has 0 radical (unpaired) electrons. The van der Waals surface area contributed by atoms with Gasteiger partial charge in [-0.25, -0.2) is 4.99 Å². The van der Waals surface area contributed by atoms with Crippen LogP contribution in [0.1, 0.15) is 44.9 Å². The van der Waals surface area contributed by atoms with Crippen molar-refractivity contribution in [2.45, 2.75) is 33.7 Å². The van der Waals surface area contributed by atoms with Crippen molar-refractivity contribution in [1.82, 2.24) is 9.47 Å². The number of hydrogen-bond donors (Lipinski definition) is 1. The molecule has 1 aliphatic rings. The van der Waals surface area contributed by atoms with Crippen LogP contribution in [0.5, 0.6) is 17.2 Å². The van der Waals surface area contributed by atoms with Gasteiger partial charge in [-0.3, -0.25) is 14.2 Å². The van der Waals surface area contributed by atoms with Crippen molar-refractivity contribution in [3.63, 3.8) is 0 Å². The van der Waals surface area contributed by atoms with Crippen LogP contribution in [-0.2, 0) is 4.79 Å². The average molecular weight is 648 g/mol. The number of methoxy groups -OCH3 is 1. The zero-order chi connectivity index (χ0) is 27.6. The topological polar surface area (TPSA) is 93.4 Å². The van der Waals surface area contributed by atoms with Crippen LogP contribution in [-0.4, -0.2) is 47.3 Å². The molecule has 10 heteroatoms. The van der Waals surface area contributed by atoms with Crippen LogP contribution in [0.3, 0.4) is 0 Å². The summed E-state index contributed by atoms with van der Waals surface area (Å²) >= 11 is 3.29. The van der Waals surface area contributed by atoms with E-state index in [4.69, 9.17) is 14.5 Å². The number of aromatic nitrogens is 1. The van der Waals surface area contributed by atoms with Crippen LogP contribution >= 0.6 is 33.9 Å². The summed E-state index contributed by atoms with van der Waals surface area (Å²) in [6.07, 6.45) is 1.76. The molecule has 0 saturated heterocycles. The van der Waals surface area contributed by atoms with Crippen LogP contribution < -0.4 is 24.4 Å². The van der Waals surface area contributed by atoms with Gasteiger partial charge in [0.15, 0.2) is 16.3 Å². The Bertz CT molecular complexity index is 1590. The standard InChI is InChI=1S/C28H30IN3O5S/c1-6-31(7-2)27(35)23-16(4)30-28-32(24(23)18-11-9-10-12-20(18)36-5)26(34)22(38-28)15-17-13-19(29)25(33)21(14-17)37-8-3/h9-15,24,33H,6-8H2,1-5H3/b22-15+/t24-/m0/s1. The lowest BCUT2D eigenvalue weighted by molar-refractivity contribution is -0.127. The number of phenolic OH excluding ortho intramolecular Hbond substituents is 1. The smallest absolute Gasteiger partial charge is 0.271 e. The number of carbonyl (C=O) groups excluding carboxylic acids is 1. The fourth-order valence-electron chi connectivity index (χ4n) is 4.56. The van der Waals surface area contributed by atoms with E-state index in [9.17, 15) is 14.7 Å². The molecule has 0 spiro atoms. The molecular formula is C28H30IN3O5S. The second kappa shape index (κ2) is 11.7. The summed E-state index contributed by atoms with van der Waals surface area (Å²) in [6, 6.07) is 10.2. The zero-order valence-electron chi connectivity index (χ0n) is 21.9. The summed E-state index contributed by atoms with van der Waals surface area (Å²) in [5.41, 5.74) is 2.19. The van der Waals surface area contributed by atoms with Crippen molar-refractivity contribution in [1.29, 1.82) is 0 Å². The number of hydrogen-bond acceptors (Lipinski definition) is 7. The molecular weight excluding hydrogens is 617 g/mol. The molecule has 0 aliphatic carbocycles. The molecule has 0 fully saturated rings. The quantitative estimate of drug-likeness (QED) is 0.376. The van der Waals surface area contributed by atoms with Gasteiger partial charge in [0.25, 0.3) is 11.5 Å². The van der Waals surface area contributed by atoms with Crippen LogP contribution in [0.4, 0.5) is 0 Å². The van der Waals surface area contributed by atoms with Crippen molar-refractivity contribution >= 4 is 45.9 Å². The fraction of sp³-hybridized carbons (Fsp3) is 0.321. The highest BCUT2D eigenvalue weighted by Crippen LogP contribution is 2.36. The van der Waals surface area contributed by atoms with Crippen molar-refractivity contribution in [3.8, 4) is 17.2 Å². The maximum absolute atomic E-state index is 14.0. The number of nitrogens with zero attached hydrogens (tertiary/aromatic N) is 3. The molecule has 1 atom stereocenters. The highest BCUT2D eigenvalue weighted by Gasteiger charge is 2.35. The SMILES string of the molecule is CCOc1cc(/C=c2/sc3n(c2=O)[C@@H](c2ccccc2OC)C(C(=O)N(CC)CC)=C(C)N=3)cc(I)c1O. The minimum atomic E-state index is -0.698. The molecule has 3 aromatic rings. The van der Waals surface area contributed by atoms with Crippen molar-refractivity contribution < 1.29 is 19.4 Å². The van der Waals surface area contributed by atoms with Gasteiger partial charge in [-0.1, -0.05) is 29.5 Å². The summed E-state index contributed by atoms with van der Waals surface area (Å²) in [5, 5.41) is 10.3. The number of likely N-dealkylation sites (N-methyl/N-ethyl adjacent to an activating group) is 1. The molecule has 0 unspecified atom stereocenters. The van der Waals surface area contributed by atoms with E-state index in [-0.39, 0.29) is 17.2 Å². The van der Waals surface area contributed by atoms with Gasteiger partial charge in [-0.15, -0.1) is 0 Å². The van der Waals surface area contributed by atoms with Gasteiger partial charge in [-0.05, 0) is 80.1 Å². The summed E-state index contributed by atoms with van der Waals surface area (Å²) in [6.45, 7) is 8.99. The largest absolute Gasteiger partial charge is 0.504 e. The van der Waals surface area contributed by atoms with E-state index in [2.05, 4.69) is 0 Å². The van der Waals surface area contributed by atoms with E-state index in [1.807, 2.05) is 74.6 Å². The third kappa shape index (κ3) is 5.11. The van der Waals surface area contributed by atoms with E-state index < -0.39 is 6.04 Å². The van der Waals surface area contributed by atoms with Gasteiger partial charge in [0, 0.05) is 18.7 Å². The van der Waals surface area contributed by atoms with E-state index >= 15 is 0 Å². The van der Waals surface area contributed by atoms with Crippen LogP contribution in [0.2, 0.25) is 0 Å². The summed E-state index contributed by atoms with van der Waals surface area (Å²) in [5.74, 6) is 0.850. The maximum atomic E-state index is 14.0. The predicted molar refractivity (Wildman–Crippen MR) is 157 cm³/mol. The molecule has 200 valence electrons. The predicted octanol–water partition coefficient (Wildman–Crippen LogP) is 3.82. The third-order valence-electron chi connectivity index (χ3n) is 6.38. The number of aromatic hydroxyl groups is 1. The van der Waals surface area contributed by atoms with Crippen molar-refractivity contribution in [2.75, 3.05) is 26.8 Å². The van der Waals surface area contributed by atoms with Crippen LogP contribution in [0, 0.1) is 3.57 Å². The van der Waals surface area contributed by atoms with E-state index in [1.54, 1.807) is 34.8 Å². The molecule has 0 saturated carbocycles. The number of ether oxygens (including phenoxy) is 2. The Hall–Kier alpha value is -3.12. The first-order chi connectivity index (χ1) is 18.2. The molecule has 0 bridgehead atoms. The molecule has 38 heavy (non-hydrogen) atoms. The van der Waals surface area contributed by atoms with E-state index in [1.165, 1.54) is 11.3 Å². The van der Waals surface area contributed by atoms with Gasteiger partial charge < -0.3 is 19.5 Å². The molecule has 2 aromatic carbocycles. The number of carbonyl (C=O) groups is 1. The second-order valence-electron chi connectivity index (χ2n) is 8.58. The lowest BCUT2D eigenvalue weighted by Crippen LogP contribution is -2.43. The molecule has 1 aromatic heterocycles. The highest BCUT2D eigenvalue weighted by molar-refractivity contribution is 14.1. The molecule has 1 N–H and O–H groups in total. The highest BCUT2D eigenvalue weighted by atomic mass is 127. The number of phenols is 1. The fourth-order valence-corrected chi connectivity index (χ4v) is 6.23. The minimum Gasteiger partial charge on any atom is -0.504 e. The number of halogens is 1. The Kier molecular flexibility index (Phi) is 8.61. The molecule has 2 heterocycles. The third-order valence-corrected chi connectivity index (χ3v) is 8.19. The number of rotatable bonds is 8. The first-order valence-electron chi connectivity index (χ1n) is 12.4. The Labute approximate surface area is 238 Å². The Morgan fingerprint density at radius 2 is 1.92 bits per heavy atom. The normalized spacial score (nSPS) is 15.2. The zero-order valence-corrected chi connectivity index (χ0v) is 24.9. The number of thiazole rings is 1. The first-order valence-corrected chi connectivity index (χ1v) is 14.2. The minimum absolute atomic E-state index is 0.0671. The van der Waals surface area contributed by atoms with E-state index in [0.717, 1.165) is 0 Å².